The fraction of sp³-hybridized carbons (Fsp3) is 0.278. The lowest BCUT2D eigenvalue weighted by atomic mass is 9.82. The molecule has 2 N–H and O–H groups in total. The van der Waals surface area contributed by atoms with Crippen molar-refractivity contribution >= 4 is 28.5 Å². The van der Waals surface area contributed by atoms with E-state index in [0.29, 0.717) is 5.69 Å². The summed E-state index contributed by atoms with van der Waals surface area (Å²) >= 11 is 0. The van der Waals surface area contributed by atoms with Gasteiger partial charge in [-0.2, -0.15) is 0 Å². The highest BCUT2D eigenvalue weighted by molar-refractivity contribution is 6.03. The monoisotopic (exact) mass is 308 g/mol. The van der Waals surface area contributed by atoms with Crippen LogP contribution in [0, 0.1) is 23.7 Å². The minimum atomic E-state index is -0.887. The number of carbonyl (C=O) groups excluding carboxylic acids is 1. The van der Waals surface area contributed by atoms with E-state index in [2.05, 4.69) is 10.3 Å². The summed E-state index contributed by atoms with van der Waals surface area (Å²) in [6, 6.07) is 9.25. The van der Waals surface area contributed by atoms with Crippen LogP contribution in [0.25, 0.3) is 10.9 Å². The van der Waals surface area contributed by atoms with Gasteiger partial charge < -0.3 is 10.4 Å². The van der Waals surface area contributed by atoms with Crippen molar-refractivity contribution < 1.29 is 14.7 Å². The summed E-state index contributed by atoms with van der Waals surface area (Å²) in [6.45, 7) is 0. The number of fused-ring (bicyclic) bond motifs is 3. The number of hydrogen-bond donors (Lipinski definition) is 2. The Morgan fingerprint density at radius 1 is 1.09 bits per heavy atom. The van der Waals surface area contributed by atoms with E-state index in [-0.39, 0.29) is 17.7 Å². The lowest BCUT2D eigenvalue weighted by molar-refractivity contribution is -0.146. The fourth-order valence-electron chi connectivity index (χ4n) is 3.94. The first kappa shape index (κ1) is 13.9. The Labute approximate surface area is 133 Å². The molecule has 1 fully saturated rings. The van der Waals surface area contributed by atoms with Gasteiger partial charge in [-0.15, -0.1) is 0 Å². The average Bonchev–Trinajstić information content (AvgIpc) is 3.16. The fourth-order valence-corrected chi connectivity index (χ4v) is 3.94. The lowest BCUT2D eigenvalue weighted by Gasteiger charge is -2.24. The van der Waals surface area contributed by atoms with E-state index in [0.717, 1.165) is 17.3 Å². The molecule has 4 rings (SSSR count). The summed E-state index contributed by atoms with van der Waals surface area (Å²) in [5.74, 6) is -2.24. The second-order valence-electron chi connectivity index (χ2n) is 6.20. The van der Waals surface area contributed by atoms with E-state index in [4.69, 9.17) is 0 Å². The van der Waals surface area contributed by atoms with E-state index in [1.165, 1.54) is 0 Å². The molecule has 2 bridgehead atoms. The van der Waals surface area contributed by atoms with Crippen LogP contribution in [0.1, 0.15) is 6.42 Å². The standard InChI is InChI=1S/C18H16N2O3/c21-17(15-10-6-7-11(9-10)16(15)18(22)23)20-14-5-1-4-13-12(14)3-2-8-19-13/h1-8,10-11,15-16H,9H2,(H,20,21)(H,22,23)/t10-,11-,15-,16+/m0/s1. The first-order valence-electron chi connectivity index (χ1n) is 7.71. The smallest absolute Gasteiger partial charge is 0.307 e. The van der Waals surface area contributed by atoms with Gasteiger partial charge in [-0.25, -0.2) is 0 Å². The van der Waals surface area contributed by atoms with E-state index in [1.54, 1.807) is 6.20 Å². The molecule has 1 saturated carbocycles. The molecule has 0 radical (unpaired) electrons. The van der Waals surface area contributed by atoms with Crippen molar-refractivity contribution in [2.24, 2.45) is 23.7 Å². The van der Waals surface area contributed by atoms with Gasteiger partial charge in [0.05, 0.1) is 23.0 Å². The maximum absolute atomic E-state index is 12.7. The molecular weight excluding hydrogens is 292 g/mol. The van der Waals surface area contributed by atoms with Crippen LogP contribution in [0.3, 0.4) is 0 Å². The van der Waals surface area contributed by atoms with Crippen molar-refractivity contribution in [2.75, 3.05) is 5.32 Å². The van der Waals surface area contributed by atoms with E-state index < -0.39 is 17.8 Å². The van der Waals surface area contributed by atoms with E-state index in [1.807, 2.05) is 42.5 Å². The number of carboxylic acids is 1. The highest BCUT2D eigenvalue weighted by Crippen LogP contribution is 2.48. The normalized spacial score (nSPS) is 28.2. The molecule has 0 aliphatic heterocycles. The average molecular weight is 308 g/mol. The molecular formula is C18H16N2O3. The molecule has 23 heavy (non-hydrogen) atoms. The van der Waals surface area contributed by atoms with Crippen molar-refractivity contribution in [1.29, 1.82) is 0 Å². The molecule has 0 saturated heterocycles. The van der Waals surface area contributed by atoms with Crippen molar-refractivity contribution in [2.45, 2.75) is 6.42 Å². The second-order valence-corrected chi connectivity index (χ2v) is 6.20. The molecule has 0 unspecified atom stereocenters. The molecule has 2 aromatic rings. The first-order chi connectivity index (χ1) is 11.1. The van der Waals surface area contributed by atoms with Crippen molar-refractivity contribution in [3.8, 4) is 0 Å². The predicted octanol–water partition coefficient (Wildman–Crippen LogP) is 2.70. The van der Waals surface area contributed by atoms with Gasteiger partial charge in [0.2, 0.25) is 5.91 Å². The third kappa shape index (κ3) is 2.20. The molecule has 1 aromatic carbocycles. The topological polar surface area (TPSA) is 79.3 Å². The summed E-state index contributed by atoms with van der Waals surface area (Å²) in [4.78, 5) is 28.6. The molecule has 5 nitrogen and oxygen atoms in total. The zero-order valence-electron chi connectivity index (χ0n) is 12.3. The molecule has 5 heteroatoms. The highest BCUT2D eigenvalue weighted by atomic mass is 16.4. The highest BCUT2D eigenvalue weighted by Gasteiger charge is 2.51. The molecule has 4 atom stereocenters. The minimum absolute atomic E-state index is 0.0224. The van der Waals surface area contributed by atoms with Crippen LogP contribution in [0.15, 0.2) is 48.7 Å². The Bertz CT molecular complexity index is 825. The van der Waals surface area contributed by atoms with Crippen LogP contribution >= 0.6 is 0 Å². The Balaban J connectivity index is 1.65. The van der Waals surface area contributed by atoms with Crippen molar-refractivity contribution in [3.05, 3.63) is 48.7 Å². The summed E-state index contributed by atoms with van der Waals surface area (Å²) in [5, 5.41) is 13.2. The number of anilines is 1. The molecule has 0 spiro atoms. The number of carbonyl (C=O) groups is 2. The largest absolute Gasteiger partial charge is 0.481 e. The molecule has 1 amide bonds. The van der Waals surface area contributed by atoms with E-state index >= 15 is 0 Å². The molecule has 1 aromatic heterocycles. The number of hydrogen-bond acceptors (Lipinski definition) is 3. The van der Waals surface area contributed by atoms with Gasteiger partial charge in [-0.05, 0) is 42.5 Å². The molecule has 1 heterocycles. The zero-order chi connectivity index (χ0) is 16.0. The van der Waals surface area contributed by atoms with Gasteiger partial charge in [-0.3, -0.25) is 14.6 Å². The summed E-state index contributed by atoms with van der Waals surface area (Å²) in [6.07, 6.45) is 6.38. The van der Waals surface area contributed by atoms with Crippen LogP contribution in [0.5, 0.6) is 0 Å². The number of benzene rings is 1. The summed E-state index contributed by atoms with van der Waals surface area (Å²) in [7, 11) is 0. The predicted molar refractivity (Wildman–Crippen MR) is 85.7 cm³/mol. The Morgan fingerprint density at radius 2 is 1.87 bits per heavy atom. The van der Waals surface area contributed by atoms with Crippen LogP contribution in [-0.2, 0) is 9.59 Å². The van der Waals surface area contributed by atoms with Gasteiger partial charge in [-0.1, -0.05) is 18.2 Å². The van der Waals surface area contributed by atoms with Gasteiger partial charge in [0, 0.05) is 11.6 Å². The lowest BCUT2D eigenvalue weighted by Crippen LogP contribution is -2.36. The number of pyridine rings is 1. The SMILES string of the molecule is O=C(Nc1cccc2ncccc12)[C@@H]1[C@H](C(=O)O)[C@H]2C=C[C@H]1C2. The number of rotatable bonds is 3. The number of nitrogens with one attached hydrogen (secondary N) is 1. The minimum Gasteiger partial charge on any atom is -0.481 e. The Kier molecular flexibility index (Phi) is 3.15. The number of allylic oxidation sites excluding steroid dienone is 2. The number of aliphatic carboxylic acids is 1. The number of carboxylic acid groups (broad SMARTS) is 1. The third-order valence-corrected chi connectivity index (χ3v) is 4.95. The summed E-state index contributed by atoms with van der Waals surface area (Å²) < 4.78 is 0. The summed E-state index contributed by atoms with van der Waals surface area (Å²) in [5.41, 5.74) is 1.48. The Hall–Kier alpha value is -2.69. The quantitative estimate of drug-likeness (QED) is 0.854. The Morgan fingerprint density at radius 3 is 2.65 bits per heavy atom. The first-order valence-corrected chi connectivity index (χ1v) is 7.71. The van der Waals surface area contributed by atoms with Crippen LogP contribution in [-0.4, -0.2) is 22.0 Å². The van der Waals surface area contributed by atoms with E-state index in [9.17, 15) is 14.7 Å². The maximum Gasteiger partial charge on any atom is 0.307 e. The van der Waals surface area contributed by atoms with Gasteiger partial charge in [0.15, 0.2) is 0 Å². The molecule has 2 aliphatic rings. The van der Waals surface area contributed by atoms with Gasteiger partial charge in [0.25, 0.3) is 0 Å². The number of nitrogens with zero attached hydrogens (tertiary/aromatic N) is 1. The molecule has 2 aliphatic carbocycles. The van der Waals surface area contributed by atoms with Crippen LogP contribution < -0.4 is 5.32 Å². The van der Waals surface area contributed by atoms with Gasteiger partial charge in [0.1, 0.15) is 0 Å². The van der Waals surface area contributed by atoms with Crippen LogP contribution in [0.4, 0.5) is 5.69 Å². The second kappa shape index (κ2) is 5.19. The third-order valence-electron chi connectivity index (χ3n) is 4.95. The maximum atomic E-state index is 12.7. The molecule has 116 valence electrons. The van der Waals surface area contributed by atoms with Gasteiger partial charge >= 0.3 is 5.97 Å². The number of amides is 1. The zero-order valence-corrected chi connectivity index (χ0v) is 12.3. The van der Waals surface area contributed by atoms with Crippen molar-refractivity contribution in [1.82, 2.24) is 4.98 Å². The van der Waals surface area contributed by atoms with Crippen molar-refractivity contribution in [3.63, 3.8) is 0 Å². The number of aromatic nitrogens is 1. The van der Waals surface area contributed by atoms with Crippen LogP contribution in [0.2, 0.25) is 0 Å².